The molecule has 0 unspecified atom stereocenters. The van der Waals surface area contributed by atoms with Crippen LogP contribution in [-0.2, 0) is 0 Å². The van der Waals surface area contributed by atoms with Crippen molar-refractivity contribution in [3.05, 3.63) is 6.92 Å². The van der Waals surface area contributed by atoms with Gasteiger partial charge in [0.2, 0.25) is 0 Å². The third-order valence-electron chi connectivity index (χ3n) is 1.07. The minimum atomic E-state index is 0.431. The fraction of sp³-hybridized carbons (Fsp3) is 0.800. The standard InChI is InChI=1S/C5H13N2/c1-2-5(3-6)4-7/h5H,1-4,6-7H2. The van der Waals surface area contributed by atoms with Crippen LogP contribution in [0.1, 0.15) is 6.42 Å². The van der Waals surface area contributed by atoms with Crippen molar-refractivity contribution in [3.63, 3.8) is 0 Å². The summed E-state index contributed by atoms with van der Waals surface area (Å²) in [7, 11) is 0. The number of rotatable bonds is 3. The predicted octanol–water partition coefficient (Wildman–Crippen LogP) is -0.256. The molecule has 0 bridgehead atoms. The van der Waals surface area contributed by atoms with Crippen molar-refractivity contribution in [2.75, 3.05) is 13.1 Å². The molecule has 7 heavy (non-hydrogen) atoms. The van der Waals surface area contributed by atoms with E-state index >= 15 is 0 Å². The lowest BCUT2D eigenvalue weighted by atomic mass is 10.1. The van der Waals surface area contributed by atoms with E-state index in [2.05, 4.69) is 6.92 Å². The van der Waals surface area contributed by atoms with Gasteiger partial charge in [0, 0.05) is 0 Å². The molecule has 0 heterocycles. The van der Waals surface area contributed by atoms with E-state index in [-0.39, 0.29) is 0 Å². The minimum Gasteiger partial charge on any atom is -0.330 e. The zero-order chi connectivity index (χ0) is 5.70. The summed E-state index contributed by atoms with van der Waals surface area (Å²) in [6.07, 6.45) is 0.854. The summed E-state index contributed by atoms with van der Waals surface area (Å²) < 4.78 is 0. The summed E-state index contributed by atoms with van der Waals surface area (Å²) in [5.74, 6) is 0.431. The fourth-order valence-electron chi connectivity index (χ4n) is 0.332. The topological polar surface area (TPSA) is 52.0 Å². The van der Waals surface area contributed by atoms with Gasteiger partial charge in [-0.15, -0.1) is 0 Å². The average molecular weight is 101 g/mol. The van der Waals surface area contributed by atoms with Crippen LogP contribution in [0.2, 0.25) is 0 Å². The first-order valence-corrected chi connectivity index (χ1v) is 2.54. The summed E-state index contributed by atoms with van der Waals surface area (Å²) in [6.45, 7) is 5.00. The van der Waals surface area contributed by atoms with Crippen molar-refractivity contribution in [1.82, 2.24) is 0 Å². The molecule has 0 saturated carbocycles. The zero-order valence-electron chi connectivity index (χ0n) is 4.56. The van der Waals surface area contributed by atoms with Crippen molar-refractivity contribution in [3.8, 4) is 0 Å². The summed E-state index contributed by atoms with van der Waals surface area (Å²) in [4.78, 5) is 0. The molecule has 0 atom stereocenters. The highest BCUT2D eigenvalue weighted by molar-refractivity contribution is 4.60. The Bertz CT molecular complexity index is 27.6. The van der Waals surface area contributed by atoms with Gasteiger partial charge in [0.05, 0.1) is 0 Å². The first kappa shape index (κ1) is 6.92. The summed E-state index contributed by atoms with van der Waals surface area (Å²) in [5, 5.41) is 0. The zero-order valence-corrected chi connectivity index (χ0v) is 4.56. The molecule has 0 aliphatic heterocycles. The molecule has 0 saturated heterocycles. The van der Waals surface area contributed by atoms with E-state index in [9.17, 15) is 0 Å². The molecular weight excluding hydrogens is 88.1 g/mol. The Kier molecular flexibility index (Phi) is 4.04. The molecule has 2 nitrogen and oxygen atoms in total. The maximum atomic E-state index is 5.27. The van der Waals surface area contributed by atoms with E-state index in [1.165, 1.54) is 0 Å². The van der Waals surface area contributed by atoms with Crippen LogP contribution in [-0.4, -0.2) is 13.1 Å². The second-order valence-electron chi connectivity index (χ2n) is 1.63. The highest BCUT2D eigenvalue weighted by Crippen LogP contribution is 1.93. The van der Waals surface area contributed by atoms with Crippen LogP contribution in [0.4, 0.5) is 0 Å². The quantitative estimate of drug-likeness (QED) is 0.515. The normalized spacial score (nSPS) is 10.3. The van der Waals surface area contributed by atoms with Crippen LogP contribution in [0.5, 0.6) is 0 Å². The summed E-state index contributed by atoms with van der Waals surface area (Å²) in [5.41, 5.74) is 10.5. The number of hydrogen-bond acceptors (Lipinski definition) is 2. The van der Waals surface area contributed by atoms with E-state index in [1.807, 2.05) is 0 Å². The Labute approximate surface area is 44.9 Å². The lowest BCUT2D eigenvalue weighted by Crippen LogP contribution is -2.22. The third-order valence-corrected chi connectivity index (χ3v) is 1.07. The second kappa shape index (κ2) is 4.09. The maximum Gasteiger partial charge on any atom is -0.00368 e. The highest BCUT2D eigenvalue weighted by atomic mass is 14.6. The van der Waals surface area contributed by atoms with E-state index in [1.54, 1.807) is 0 Å². The first-order valence-electron chi connectivity index (χ1n) is 2.54. The molecule has 0 aliphatic rings. The molecule has 0 amide bonds. The average Bonchev–Trinajstić information content (AvgIpc) is 1.72. The fourth-order valence-corrected chi connectivity index (χ4v) is 0.332. The van der Waals surface area contributed by atoms with Crippen molar-refractivity contribution in [1.29, 1.82) is 0 Å². The maximum absolute atomic E-state index is 5.27. The summed E-state index contributed by atoms with van der Waals surface area (Å²) in [6, 6.07) is 0. The van der Waals surface area contributed by atoms with Gasteiger partial charge in [-0.25, -0.2) is 0 Å². The van der Waals surface area contributed by atoms with Crippen LogP contribution >= 0.6 is 0 Å². The minimum absolute atomic E-state index is 0.431. The van der Waals surface area contributed by atoms with Crippen LogP contribution < -0.4 is 11.5 Å². The largest absolute Gasteiger partial charge is 0.330 e. The van der Waals surface area contributed by atoms with Crippen LogP contribution in [0.15, 0.2) is 0 Å². The smallest absolute Gasteiger partial charge is 0.00368 e. The monoisotopic (exact) mass is 101 g/mol. The van der Waals surface area contributed by atoms with Crippen molar-refractivity contribution in [2.45, 2.75) is 6.42 Å². The molecule has 0 aromatic rings. The number of nitrogens with two attached hydrogens (primary N) is 2. The second-order valence-corrected chi connectivity index (χ2v) is 1.63. The molecule has 0 spiro atoms. The van der Waals surface area contributed by atoms with E-state index in [0.717, 1.165) is 6.42 Å². The molecule has 4 N–H and O–H groups in total. The SMILES string of the molecule is [CH2]CC(CN)CN. The molecule has 0 aromatic heterocycles. The van der Waals surface area contributed by atoms with E-state index < -0.39 is 0 Å². The lowest BCUT2D eigenvalue weighted by Gasteiger charge is -2.05. The molecule has 1 radical (unpaired) electrons. The Morgan fingerprint density at radius 2 is 1.71 bits per heavy atom. The van der Waals surface area contributed by atoms with Crippen LogP contribution in [0, 0.1) is 12.8 Å². The van der Waals surface area contributed by atoms with Crippen molar-refractivity contribution in [2.24, 2.45) is 17.4 Å². The molecule has 2 heteroatoms. The van der Waals surface area contributed by atoms with Gasteiger partial charge in [0.1, 0.15) is 0 Å². The molecule has 0 rings (SSSR count). The van der Waals surface area contributed by atoms with Gasteiger partial charge >= 0.3 is 0 Å². The highest BCUT2D eigenvalue weighted by Gasteiger charge is 1.96. The van der Waals surface area contributed by atoms with Gasteiger partial charge in [0.25, 0.3) is 0 Å². The van der Waals surface area contributed by atoms with Crippen molar-refractivity contribution < 1.29 is 0 Å². The third kappa shape index (κ3) is 2.60. The van der Waals surface area contributed by atoms with Gasteiger partial charge in [-0.05, 0) is 25.4 Å². The molecule has 0 aliphatic carbocycles. The van der Waals surface area contributed by atoms with Gasteiger partial charge < -0.3 is 11.5 Å². The Balaban J connectivity index is 2.99. The van der Waals surface area contributed by atoms with Crippen molar-refractivity contribution >= 4 is 0 Å². The Hall–Kier alpha value is -0.0800. The van der Waals surface area contributed by atoms with Gasteiger partial charge in [-0.3, -0.25) is 0 Å². The predicted molar refractivity (Wildman–Crippen MR) is 31.6 cm³/mol. The van der Waals surface area contributed by atoms with E-state index in [0.29, 0.717) is 19.0 Å². The van der Waals surface area contributed by atoms with E-state index in [4.69, 9.17) is 11.5 Å². The Morgan fingerprint density at radius 3 is 1.71 bits per heavy atom. The molecule has 0 fully saturated rings. The van der Waals surface area contributed by atoms with Gasteiger partial charge in [0.15, 0.2) is 0 Å². The van der Waals surface area contributed by atoms with Crippen LogP contribution in [0.3, 0.4) is 0 Å². The van der Waals surface area contributed by atoms with Gasteiger partial charge in [-0.1, -0.05) is 6.92 Å². The molecule has 43 valence electrons. The lowest BCUT2D eigenvalue weighted by molar-refractivity contribution is 0.557. The van der Waals surface area contributed by atoms with Gasteiger partial charge in [-0.2, -0.15) is 0 Å². The molecular formula is C5H13N2. The van der Waals surface area contributed by atoms with Crippen LogP contribution in [0.25, 0.3) is 0 Å². The first-order chi connectivity index (χ1) is 3.35. The Morgan fingerprint density at radius 1 is 1.29 bits per heavy atom. The number of hydrogen-bond donors (Lipinski definition) is 2. The molecule has 0 aromatic carbocycles. The summed E-state index contributed by atoms with van der Waals surface area (Å²) >= 11 is 0.